The fourth-order valence-electron chi connectivity index (χ4n) is 3.37. The Kier molecular flexibility index (Phi) is 9.91. The van der Waals surface area contributed by atoms with E-state index in [2.05, 4.69) is 15.6 Å². The van der Waals surface area contributed by atoms with Gasteiger partial charge >= 0.3 is 0 Å². The van der Waals surface area contributed by atoms with Gasteiger partial charge in [0, 0.05) is 32.0 Å². The molecule has 1 heterocycles. The molecule has 1 aromatic heterocycles. The first kappa shape index (κ1) is 28.3. The Labute approximate surface area is 220 Å². The second-order valence-electron chi connectivity index (χ2n) is 7.96. The van der Waals surface area contributed by atoms with E-state index < -0.39 is 21.8 Å². The zero-order valence-electron chi connectivity index (χ0n) is 20.9. The summed E-state index contributed by atoms with van der Waals surface area (Å²) in [4.78, 5) is 40.6. The highest BCUT2D eigenvalue weighted by Crippen LogP contribution is 2.17. The fourth-order valence-corrected chi connectivity index (χ4v) is 4.34. The predicted molar refractivity (Wildman–Crippen MR) is 139 cm³/mol. The van der Waals surface area contributed by atoms with Crippen LogP contribution in [0.3, 0.4) is 0 Å². The number of pyridine rings is 1. The molecule has 3 rings (SSSR count). The highest BCUT2D eigenvalue weighted by Gasteiger charge is 2.20. The second kappa shape index (κ2) is 13.3. The Bertz CT molecular complexity index is 1380. The van der Waals surface area contributed by atoms with Gasteiger partial charge in [-0.3, -0.25) is 19.4 Å². The van der Waals surface area contributed by atoms with Crippen molar-refractivity contribution in [1.82, 2.24) is 20.3 Å². The van der Waals surface area contributed by atoms with Crippen molar-refractivity contribution in [2.45, 2.75) is 11.3 Å². The first-order valence-corrected chi connectivity index (χ1v) is 13.0. The first-order chi connectivity index (χ1) is 18.2. The number of aromatic nitrogens is 1. The Morgan fingerprint density at radius 1 is 0.816 bits per heavy atom. The highest BCUT2D eigenvalue weighted by molar-refractivity contribution is 7.90. The molecule has 3 amide bonds. The molecule has 0 saturated heterocycles. The summed E-state index contributed by atoms with van der Waals surface area (Å²) in [5.74, 6) is -1.01. The van der Waals surface area contributed by atoms with Crippen LogP contribution in [0.15, 0.2) is 71.8 Å². The predicted octanol–water partition coefficient (Wildman–Crippen LogP) is 1.56. The molecule has 3 aromatic rings. The lowest BCUT2D eigenvalue weighted by Crippen LogP contribution is -2.31. The van der Waals surface area contributed by atoms with Crippen LogP contribution in [-0.4, -0.2) is 65.0 Å². The van der Waals surface area contributed by atoms with Crippen LogP contribution in [-0.2, 0) is 21.2 Å². The van der Waals surface area contributed by atoms with Crippen LogP contribution in [0.25, 0.3) is 0 Å². The molecule has 0 saturated carbocycles. The molecule has 12 heteroatoms. The lowest BCUT2D eigenvalue weighted by atomic mass is 10.1. The average molecular weight is 541 g/mol. The molecule has 0 bridgehead atoms. The van der Waals surface area contributed by atoms with Crippen LogP contribution in [0.4, 0.5) is 0 Å². The van der Waals surface area contributed by atoms with Crippen molar-refractivity contribution >= 4 is 27.7 Å². The molecule has 0 atom stereocenters. The van der Waals surface area contributed by atoms with E-state index in [1.807, 2.05) is 29.0 Å². The largest absolute Gasteiger partial charge is 0.496 e. The number of ether oxygens (including phenoxy) is 2. The molecule has 0 radical (unpaired) electrons. The summed E-state index contributed by atoms with van der Waals surface area (Å²) in [7, 11) is -1.14. The van der Waals surface area contributed by atoms with Crippen LogP contribution in [0.5, 0.6) is 5.75 Å². The maximum atomic E-state index is 12.7. The monoisotopic (exact) mass is 540 g/mol. The van der Waals surface area contributed by atoms with Gasteiger partial charge in [0.15, 0.2) is 0 Å². The Morgan fingerprint density at radius 2 is 1.50 bits per heavy atom. The number of carbonyl (C=O) groups is 3. The van der Waals surface area contributed by atoms with Gasteiger partial charge in [-0.05, 0) is 54.4 Å². The SMILES string of the molecule is COCCNC(=O)c1ccc(C(=O)NS(=O)(=O)c2ccc(C(=O)NCCc3ccccc3OC)cc2)cn1. The number of carbonyl (C=O) groups excluding carboxylic acids is 3. The number of nitrogens with zero attached hydrogens (tertiary/aromatic N) is 1. The molecule has 0 fully saturated rings. The standard InChI is InChI=1S/C26H28N4O7S/c1-36-16-15-28-26(33)22-12-9-20(17-29-22)25(32)30-38(34,35)21-10-7-19(8-11-21)24(31)27-14-13-18-5-3-4-6-23(18)37-2/h3-12,17H,13-16H2,1-2H3,(H,27,31)(H,28,33)(H,30,32). The van der Waals surface area contributed by atoms with E-state index in [0.29, 0.717) is 26.1 Å². The maximum absolute atomic E-state index is 12.7. The Balaban J connectivity index is 1.56. The number of sulfonamides is 1. The number of methoxy groups -OCH3 is 2. The van der Waals surface area contributed by atoms with Gasteiger partial charge in [-0.25, -0.2) is 13.1 Å². The minimum Gasteiger partial charge on any atom is -0.496 e. The summed E-state index contributed by atoms with van der Waals surface area (Å²) >= 11 is 0. The van der Waals surface area contributed by atoms with Crippen LogP contribution < -0.4 is 20.1 Å². The van der Waals surface area contributed by atoms with Crippen molar-refractivity contribution in [2.75, 3.05) is 33.9 Å². The van der Waals surface area contributed by atoms with E-state index in [1.54, 1.807) is 7.11 Å². The molecule has 0 aliphatic rings. The lowest BCUT2D eigenvalue weighted by Gasteiger charge is -2.10. The van der Waals surface area contributed by atoms with Crippen LogP contribution in [0.2, 0.25) is 0 Å². The molecule has 0 unspecified atom stereocenters. The topological polar surface area (TPSA) is 153 Å². The van der Waals surface area contributed by atoms with Gasteiger partial charge in [0.25, 0.3) is 27.7 Å². The lowest BCUT2D eigenvalue weighted by molar-refractivity contribution is 0.0927. The van der Waals surface area contributed by atoms with E-state index in [9.17, 15) is 22.8 Å². The number of benzene rings is 2. The third kappa shape index (κ3) is 7.60. The summed E-state index contributed by atoms with van der Waals surface area (Å²) < 4.78 is 37.4. The zero-order chi connectivity index (χ0) is 27.5. The van der Waals surface area contributed by atoms with Crippen LogP contribution in [0, 0.1) is 0 Å². The molecule has 0 aliphatic carbocycles. The van der Waals surface area contributed by atoms with Gasteiger partial charge in [-0.2, -0.15) is 0 Å². The Hall–Kier alpha value is -4.29. The van der Waals surface area contributed by atoms with E-state index in [1.165, 1.54) is 43.5 Å². The molecule has 0 spiro atoms. The van der Waals surface area contributed by atoms with E-state index in [0.717, 1.165) is 17.5 Å². The quantitative estimate of drug-likeness (QED) is 0.293. The van der Waals surface area contributed by atoms with Crippen LogP contribution >= 0.6 is 0 Å². The number of nitrogens with one attached hydrogen (secondary N) is 3. The minimum atomic E-state index is -4.22. The molecule has 2 aromatic carbocycles. The number of hydrogen-bond acceptors (Lipinski definition) is 8. The van der Waals surface area contributed by atoms with Crippen molar-refractivity contribution in [2.24, 2.45) is 0 Å². The minimum absolute atomic E-state index is 0.0481. The van der Waals surface area contributed by atoms with E-state index in [-0.39, 0.29) is 27.6 Å². The fraction of sp³-hybridized carbons (Fsp3) is 0.231. The van der Waals surface area contributed by atoms with Crippen molar-refractivity contribution in [3.8, 4) is 5.75 Å². The van der Waals surface area contributed by atoms with Gasteiger partial charge in [0.1, 0.15) is 11.4 Å². The van der Waals surface area contributed by atoms with Gasteiger partial charge in [0.2, 0.25) is 0 Å². The van der Waals surface area contributed by atoms with Gasteiger partial charge in [0.05, 0.1) is 24.2 Å². The number of rotatable bonds is 12. The first-order valence-electron chi connectivity index (χ1n) is 11.6. The van der Waals surface area contributed by atoms with Crippen LogP contribution in [0.1, 0.15) is 36.8 Å². The summed E-state index contributed by atoms with van der Waals surface area (Å²) in [5, 5.41) is 5.37. The molecule has 200 valence electrons. The van der Waals surface area contributed by atoms with Gasteiger partial charge in [-0.1, -0.05) is 18.2 Å². The van der Waals surface area contributed by atoms with E-state index in [4.69, 9.17) is 9.47 Å². The van der Waals surface area contributed by atoms with E-state index >= 15 is 0 Å². The average Bonchev–Trinajstić information content (AvgIpc) is 2.93. The molecular weight excluding hydrogens is 512 g/mol. The van der Waals surface area contributed by atoms with Gasteiger partial charge in [-0.15, -0.1) is 0 Å². The van der Waals surface area contributed by atoms with Crippen molar-refractivity contribution in [3.63, 3.8) is 0 Å². The third-order valence-electron chi connectivity index (χ3n) is 5.38. The smallest absolute Gasteiger partial charge is 0.269 e. The molecule has 11 nitrogen and oxygen atoms in total. The number of amides is 3. The number of para-hydroxylation sites is 1. The number of hydrogen-bond donors (Lipinski definition) is 3. The summed E-state index contributed by atoms with van der Waals surface area (Å²) in [6.45, 7) is 0.984. The molecular formula is C26H28N4O7S. The van der Waals surface area contributed by atoms with Crippen molar-refractivity contribution in [1.29, 1.82) is 0 Å². The summed E-state index contributed by atoms with van der Waals surface area (Å²) in [6.07, 6.45) is 1.66. The second-order valence-corrected chi connectivity index (χ2v) is 9.64. The normalized spacial score (nSPS) is 10.9. The third-order valence-corrected chi connectivity index (χ3v) is 6.72. The molecule has 0 aliphatic heterocycles. The zero-order valence-corrected chi connectivity index (χ0v) is 21.7. The molecule has 3 N–H and O–H groups in total. The maximum Gasteiger partial charge on any atom is 0.269 e. The highest BCUT2D eigenvalue weighted by atomic mass is 32.2. The van der Waals surface area contributed by atoms with Gasteiger partial charge < -0.3 is 20.1 Å². The molecule has 38 heavy (non-hydrogen) atoms. The summed E-state index contributed by atoms with van der Waals surface area (Å²) in [5.41, 5.74) is 1.23. The van der Waals surface area contributed by atoms with Crippen molar-refractivity contribution < 1.29 is 32.3 Å². The Morgan fingerprint density at radius 3 is 2.16 bits per heavy atom. The summed E-state index contributed by atoms with van der Waals surface area (Å²) in [6, 6.07) is 15.3. The van der Waals surface area contributed by atoms with Crippen molar-refractivity contribution in [3.05, 3.63) is 89.2 Å².